The van der Waals surface area contributed by atoms with Crippen LogP contribution in [0.5, 0.6) is 0 Å². The van der Waals surface area contributed by atoms with Gasteiger partial charge in [-0.3, -0.25) is 0 Å². The fourth-order valence-corrected chi connectivity index (χ4v) is 8.87. The molecule has 0 aliphatic heterocycles. The number of furan rings is 2. The third-order valence-corrected chi connectivity index (χ3v) is 11.1. The van der Waals surface area contributed by atoms with E-state index in [4.69, 9.17) is 8.83 Å². The zero-order valence-electron chi connectivity index (χ0n) is 29.1. The van der Waals surface area contributed by atoms with Crippen molar-refractivity contribution >= 4 is 65.0 Å². The maximum absolute atomic E-state index is 6.67. The van der Waals surface area contributed by atoms with Crippen LogP contribution in [-0.2, 0) is 0 Å². The monoisotopic (exact) mass is 676 g/mol. The van der Waals surface area contributed by atoms with Crippen molar-refractivity contribution < 1.29 is 8.83 Å². The van der Waals surface area contributed by atoms with E-state index in [2.05, 4.69) is 171 Å². The molecular weight excluding hydrogens is 645 g/mol. The van der Waals surface area contributed by atoms with Gasteiger partial charge in [-0.2, -0.15) is 0 Å². The summed E-state index contributed by atoms with van der Waals surface area (Å²) in [7, 11) is 0. The summed E-state index contributed by atoms with van der Waals surface area (Å²) < 4.78 is 12.4. The van der Waals surface area contributed by atoms with Crippen molar-refractivity contribution in [1.29, 1.82) is 0 Å². The van der Waals surface area contributed by atoms with Crippen molar-refractivity contribution in [1.82, 2.24) is 0 Å². The molecule has 53 heavy (non-hydrogen) atoms. The minimum absolute atomic E-state index is 0.880. The van der Waals surface area contributed by atoms with E-state index in [0.717, 1.165) is 38.6 Å². The molecule has 0 spiro atoms. The van der Waals surface area contributed by atoms with E-state index in [1.54, 1.807) is 0 Å². The molecule has 2 heterocycles. The average molecular weight is 677 g/mol. The van der Waals surface area contributed by atoms with Gasteiger partial charge in [-0.25, -0.2) is 0 Å². The van der Waals surface area contributed by atoms with Crippen molar-refractivity contribution in [2.75, 3.05) is 0 Å². The number of rotatable bonds is 4. The Morgan fingerprint density at radius 3 is 1.36 bits per heavy atom. The zero-order chi connectivity index (χ0) is 35.0. The van der Waals surface area contributed by atoms with E-state index in [9.17, 15) is 0 Å². The molecular formula is C51H32O2. The molecule has 0 saturated heterocycles. The van der Waals surface area contributed by atoms with Gasteiger partial charge in [0.1, 0.15) is 11.2 Å². The summed E-state index contributed by atoms with van der Waals surface area (Å²) in [6.07, 6.45) is 3.72. The topological polar surface area (TPSA) is 26.3 Å². The average Bonchev–Trinajstić information content (AvgIpc) is 3.81. The van der Waals surface area contributed by atoms with Gasteiger partial charge in [0.05, 0.1) is 12.5 Å². The fourth-order valence-electron chi connectivity index (χ4n) is 8.87. The quantitative estimate of drug-likeness (QED) is 0.173. The summed E-state index contributed by atoms with van der Waals surface area (Å²) in [5, 5.41) is 12.0. The van der Waals surface area contributed by atoms with Crippen molar-refractivity contribution in [3.8, 4) is 44.5 Å². The molecule has 11 rings (SSSR count). The molecule has 0 bridgehead atoms. The highest BCUT2D eigenvalue weighted by molar-refractivity contribution is 6.27. The van der Waals surface area contributed by atoms with Gasteiger partial charge >= 0.3 is 0 Å². The number of hydrogen-bond acceptors (Lipinski definition) is 2. The van der Waals surface area contributed by atoms with Crippen LogP contribution in [0.3, 0.4) is 0 Å². The summed E-state index contributed by atoms with van der Waals surface area (Å²) >= 11 is 0. The van der Waals surface area contributed by atoms with Gasteiger partial charge in [-0.15, -0.1) is 0 Å². The minimum atomic E-state index is 0.880. The smallest absolute Gasteiger partial charge is 0.136 e. The molecule has 0 N–H and O–H groups in total. The summed E-state index contributed by atoms with van der Waals surface area (Å²) in [4.78, 5) is 0. The molecule has 2 aromatic heterocycles. The highest BCUT2D eigenvalue weighted by atomic mass is 16.3. The zero-order valence-corrected chi connectivity index (χ0v) is 29.1. The molecule has 0 amide bonds. The first-order valence-electron chi connectivity index (χ1n) is 18.2. The van der Waals surface area contributed by atoms with Gasteiger partial charge in [0.25, 0.3) is 0 Å². The van der Waals surface area contributed by atoms with Crippen LogP contribution in [-0.4, -0.2) is 0 Å². The SMILES string of the molecule is Cc1cocc1-c1c2ccccc2c(-c2cccc3oc4ccc(-c5c6ccccc6c(-c6ccccc6)c6ccccc56)cc4c23)c2ccccc12. The largest absolute Gasteiger partial charge is 0.472 e. The van der Waals surface area contributed by atoms with Crippen LogP contribution >= 0.6 is 0 Å². The van der Waals surface area contributed by atoms with Gasteiger partial charge in [-0.05, 0) is 107 Å². The van der Waals surface area contributed by atoms with Crippen LogP contribution in [0.4, 0.5) is 0 Å². The van der Waals surface area contributed by atoms with Gasteiger partial charge in [0, 0.05) is 21.9 Å². The van der Waals surface area contributed by atoms with E-state index >= 15 is 0 Å². The Morgan fingerprint density at radius 1 is 0.340 bits per heavy atom. The lowest BCUT2D eigenvalue weighted by atomic mass is 9.84. The number of benzene rings is 9. The maximum atomic E-state index is 6.67. The molecule has 0 radical (unpaired) electrons. The molecule has 0 fully saturated rings. The molecule has 0 saturated carbocycles. The second-order valence-electron chi connectivity index (χ2n) is 14.0. The summed E-state index contributed by atoms with van der Waals surface area (Å²) in [5.41, 5.74) is 12.5. The highest BCUT2D eigenvalue weighted by Crippen LogP contribution is 2.49. The van der Waals surface area contributed by atoms with Crippen LogP contribution in [0, 0.1) is 6.92 Å². The van der Waals surface area contributed by atoms with Crippen LogP contribution in [0.1, 0.15) is 5.56 Å². The third kappa shape index (κ3) is 4.39. The van der Waals surface area contributed by atoms with Crippen LogP contribution < -0.4 is 0 Å². The highest BCUT2D eigenvalue weighted by Gasteiger charge is 2.22. The van der Waals surface area contributed by atoms with Crippen LogP contribution in [0.2, 0.25) is 0 Å². The Bertz CT molecular complexity index is 3120. The summed E-state index contributed by atoms with van der Waals surface area (Å²) in [6, 6.07) is 59.3. The van der Waals surface area contributed by atoms with E-state index in [0.29, 0.717) is 0 Å². The molecule has 2 nitrogen and oxygen atoms in total. The lowest BCUT2D eigenvalue weighted by Gasteiger charge is -2.18. The molecule has 0 aliphatic carbocycles. The van der Waals surface area contributed by atoms with Crippen molar-refractivity contribution in [2.45, 2.75) is 6.92 Å². The minimum Gasteiger partial charge on any atom is -0.472 e. The van der Waals surface area contributed by atoms with Gasteiger partial charge < -0.3 is 8.83 Å². The molecule has 0 atom stereocenters. The van der Waals surface area contributed by atoms with E-state index < -0.39 is 0 Å². The van der Waals surface area contributed by atoms with Gasteiger partial charge in [-0.1, -0.05) is 146 Å². The normalized spacial score (nSPS) is 11.9. The first-order chi connectivity index (χ1) is 26.2. The van der Waals surface area contributed by atoms with Gasteiger partial charge in [0.2, 0.25) is 0 Å². The van der Waals surface area contributed by atoms with Gasteiger partial charge in [0.15, 0.2) is 0 Å². The Labute approximate surface area is 306 Å². The molecule has 248 valence electrons. The standard InChI is InChI=1S/C51H32O2/c1-31-29-52-30-44(31)50-40-22-11-9-20-38(40)49(39-21-10-12-23-41(39)50)42-24-13-25-46-51(42)43-28-33(26-27-45(43)53-46)48-36-18-7-5-16-34(36)47(32-14-3-2-4-15-32)35-17-6-8-19-37(35)48/h2-30H,1H3. The first kappa shape index (κ1) is 29.8. The predicted molar refractivity (Wildman–Crippen MR) is 222 cm³/mol. The second kappa shape index (κ2) is 11.6. The van der Waals surface area contributed by atoms with Crippen molar-refractivity contribution in [3.63, 3.8) is 0 Å². The van der Waals surface area contributed by atoms with E-state index in [-0.39, 0.29) is 0 Å². The third-order valence-electron chi connectivity index (χ3n) is 11.1. The lowest BCUT2D eigenvalue weighted by molar-refractivity contribution is 0.566. The van der Waals surface area contributed by atoms with Crippen LogP contribution in [0.25, 0.3) is 110 Å². The Kier molecular flexibility index (Phi) is 6.50. The van der Waals surface area contributed by atoms with Crippen molar-refractivity contribution in [2.24, 2.45) is 0 Å². The Hall–Kier alpha value is -6.90. The Morgan fingerprint density at radius 2 is 0.830 bits per heavy atom. The number of fused-ring (bicyclic) bond motifs is 7. The molecule has 0 aliphatic rings. The lowest BCUT2D eigenvalue weighted by Crippen LogP contribution is -1.91. The second-order valence-corrected chi connectivity index (χ2v) is 14.0. The van der Waals surface area contributed by atoms with Crippen molar-refractivity contribution in [3.05, 3.63) is 182 Å². The number of aryl methyl sites for hydroxylation is 1. The molecule has 11 aromatic rings. The molecule has 9 aromatic carbocycles. The first-order valence-corrected chi connectivity index (χ1v) is 18.2. The predicted octanol–water partition coefficient (Wildman–Crippen LogP) is 14.8. The summed E-state index contributed by atoms with van der Waals surface area (Å²) in [6.45, 7) is 2.12. The molecule has 2 heteroatoms. The maximum Gasteiger partial charge on any atom is 0.136 e. The Balaban J connectivity index is 1.23. The van der Waals surface area contributed by atoms with E-state index in [1.165, 1.54) is 76.5 Å². The van der Waals surface area contributed by atoms with Crippen LogP contribution in [0.15, 0.2) is 185 Å². The summed E-state index contributed by atoms with van der Waals surface area (Å²) in [5.74, 6) is 0. The fraction of sp³-hybridized carbons (Fsp3) is 0.0196. The van der Waals surface area contributed by atoms with E-state index in [1.807, 2.05) is 12.5 Å². The molecule has 0 unspecified atom stereocenters. The number of hydrogen-bond donors (Lipinski definition) is 0.